The summed E-state index contributed by atoms with van der Waals surface area (Å²) in [6, 6.07) is 5.64. The molecule has 4 nitrogen and oxygen atoms in total. The number of hydrogen-bond acceptors (Lipinski definition) is 4. The maximum atomic E-state index is 5.63. The summed E-state index contributed by atoms with van der Waals surface area (Å²) >= 11 is 6.54. The van der Waals surface area contributed by atoms with Crippen molar-refractivity contribution >= 4 is 29.0 Å². The third kappa shape index (κ3) is 2.07. The number of nitrogens with two attached hydrogens (primary N) is 1. The minimum Gasteiger partial charge on any atom is -0.388 e. The van der Waals surface area contributed by atoms with Crippen molar-refractivity contribution in [2.24, 2.45) is 5.73 Å². The lowest BCUT2D eigenvalue weighted by Gasteiger charge is -2.07. The van der Waals surface area contributed by atoms with Crippen LogP contribution in [-0.4, -0.2) is 25.8 Å². The van der Waals surface area contributed by atoms with E-state index in [0.717, 1.165) is 16.5 Å². The van der Waals surface area contributed by atoms with Gasteiger partial charge in [0.2, 0.25) is 0 Å². The monoisotopic (exact) mass is 250 g/mol. The molecule has 0 aromatic carbocycles. The molecule has 0 fully saturated rings. The quantitative estimate of drug-likeness (QED) is 0.509. The second-order valence-electron chi connectivity index (χ2n) is 3.05. The lowest BCUT2D eigenvalue weighted by molar-refractivity contribution is 0.936. The molecular weight excluding hydrogens is 240 g/mol. The van der Waals surface area contributed by atoms with Crippen molar-refractivity contribution in [1.29, 1.82) is 0 Å². The highest BCUT2D eigenvalue weighted by atomic mass is 32.2. The van der Waals surface area contributed by atoms with Gasteiger partial charge >= 0.3 is 0 Å². The normalized spacial score (nSPS) is 10.3. The van der Waals surface area contributed by atoms with Gasteiger partial charge in [-0.1, -0.05) is 12.2 Å². The largest absolute Gasteiger partial charge is 0.388 e. The first kappa shape index (κ1) is 11.1. The van der Waals surface area contributed by atoms with Gasteiger partial charge in [0.25, 0.3) is 0 Å². The van der Waals surface area contributed by atoms with E-state index in [1.807, 2.05) is 35.2 Å². The summed E-state index contributed by atoms with van der Waals surface area (Å²) in [5.74, 6) is 0.771. The van der Waals surface area contributed by atoms with Gasteiger partial charge in [0.05, 0.1) is 5.69 Å². The van der Waals surface area contributed by atoms with Crippen molar-refractivity contribution in [2.45, 2.75) is 5.03 Å². The lowest BCUT2D eigenvalue weighted by Crippen LogP contribution is -2.15. The first-order valence-electron chi connectivity index (χ1n) is 4.56. The summed E-state index contributed by atoms with van der Waals surface area (Å²) in [5, 5.41) is 0.910. The standard InChI is InChI=1S/C10H10N4S2/c1-16-9-5-8(12-6-13-9)14-4-2-3-7(14)10(11)15/h2-6H,1H3,(H2,11,15). The smallest absolute Gasteiger partial charge is 0.141 e. The summed E-state index contributed by atoms with van der Waals surface area (Å²) in [6.07, 6.45) is 5.38. The second kappa shape index (κ2) is 4.63. The highest BCUT2D eigenvalue weighted by molar-refractivity contribution is 7.98. The lowest BCUT2D eigenvalue weighted by atomic mass is 10.4. The average molecular weight is 250 g/mol. The summed E-state index contributed by atoms with van der Waals surface area (Å²) in [6.45, 7) is 0. The zero-order valence-electron chi connectivity index (χ0n) is 8.62. The predicted octanol–water partition coefficient (Wildman–Crippen LogP) is 1.62. The molecule has 0 aliphatic heterocycles. The molecule has 6 heteroatoms. The van der Waals surface area contributed by atoms with Gasteiger partial charge in [0, 0.05) is 12.3 Å². The fourth-order valence-corrected chi connectivity index (χ4v) is 1.90. The molecule has 0 saturated carbocycles. The van der Waals surface area contributed by atoms with Crippen LogP contribution in [0.3, 0.4) is 0 Å². The van der Waals surface area contributed by atoms with Crippen molar-refractivity contribution in [3.63, 3.8) is 0 Å². The second-order valence-corrected chi connectivity index (χ2v) is 4.31. The molecule has 0 radical (unpaired) electrons. The number of hydrogen-bond donors (Lipinski definition) is 1. The minimum absolute atomic E-state index is 0.356. The Morgan fingerprint density at radius 3 is 3.00 bits per heavy atom. The van der Waals surface area contributed by atoms with E-state index in [1.54, 1.807) is 11.8 Å². The third-order valence-electron chi connectivity index (χ3n) is 2.08. The third-order valence-corrected chi connectivity index (χ3v) is 2.94. The van der Waals surface area contributed by atoms with E-state index in [0.29, 0.717) is 4.99 Å². The van der Waals surface area contributed by atoms with Crippen LogP contribution in [0.25, 0.3) is 5.82 Å². The molecule has 2 aromatic heterocycles. The summed E-state index contributed by atoms with van der Waals surface area (Å²) in [7, 11) is 0. The van der Waals surface area contributed by atoms with Gasteiger partial charge in [-0.3, -0.25) is 4.57 Å². The Labute approximate surface area is 103 Å². The van der Waals surface area contributed by atoms with Crippen LogP contribution in [0.4, 0.5) is 0 Å². The Balaban J connectivity index is 2.50. The van der Waals surface area contributed by atoms with Gasteiger partial charge in [0.1, 0.15) is 22.2 Å². The van der Waals surface area contributed by atoms with Crippen LogP contribution in [0.15, 0.2) is 35.7 Å². The van der Waals surface area contributed by atoms with Crippen molar-refractivity contribution in [3.8, 4) is 5.82 Å². The minimum atomic E-state index is 0.356. The molecule has 16 heavy (non-hydrogen) atoms. The highest BCUT2D eigenvalue weighted by Crippen LogP contribution is 2.15. The Morgan fingerprint density at radius 2 is 2.31 bits per heavy atom. The molecule has 2 heterocycles. The molecule has 0 amide bonds. The Hall–Kier alpha value is -1.40. The summed E-state index contributed by atoms with van der Waals surface area (Å²) < 4.78 is 1.85. The molecule has 0 spiro atoms. The van der Waals surface area contributed by atoms with Gasteiger partial charge in [-0.25, -0.2) is 9.97 Å². The molecule has 2 aromatic rings. The van der Waals surface area contributed by atoms with Gasteiger partial charge in [-0.05, 0) is 18.4 Å². The van der Waals surface area contributed by atoms with Gasteiger partial charge in [-0.2, -0.15) is 0 Å². The average Bonchev–Trinajstić information content (AvgIpc) is 2.78. The molecule has 0 saturated heterocycles. The molecular formula is C10H10N4S2. The van der Waals surface area contributed by atoms with E-state index in [9.17, 15) is 0 Å². The SMILES string of the molecule is CSc1cc(-n2cccc2C(N)=S)ncn1. The predicted molar refractivity (Wildman–Crippen MR) is 69.0 cm³/mol. The summed E-state index contributed by atoms with van der Waals surface area (Å²) in [5.41, 5.74) is 6.41. The molecule has 0 aliphatic carbocycles. The molecule has 0 aliphatic rings. The van der Waals surface area contributed by atoms with E-state index in [4.69, 9.17) is 18.0 Å². The van der Waals surface area contributed by atoms with Crippen LogP contribution in [-0.2, 0) is 0 Å². The molecule has 0 atom stereocenters. The summed E-state index contributed by atoms with van der Waals surface area (Å²) in [4.78, 5) is 8.67. The number of thiocarbonyl (C=S) groups is 1. The molecule has 0 unspecified atom stereocenters. The number of aromatic nitrogens is 3. The fraction of sp³-hybridized carbons (Fsp3) is 0.100. The molecule has 2 N–H and O–H groups in total. The Kier molecular flexibility index (Phi) is 3.21. The first-order chi connectivity index (χ1) is 7.72. The van der Waals surface area contributed by atoms with E-state index >= 15 is 0 Å². The zero-order chi connectivity index (χ0) is 11.5. The van der Waals surface area contributed by atoms with Crippen LogP contribution >= 0.6 is 24.0 Å². The van der Waals surface area contributed by atoms with Gasteiger partial charge in [-0.15, -0.1) is 11.8 Å². The molecule has 82 valence electrons. The number of nitrogens with zero attached hydrogens (tertiary/aromatic N) is 3. The van der Waals surface area contributed by atoms with Crippen LogP contribution in [0.5, 0.6) is 0 Å². The van der Waals surface area contributed by atoms with Crippen molar-refractivity contribution in [2.75, 3.05) is 6.26 Å². The van der Waals surface area contributed by atoms with Crippen molar-refractivity contribution in [1.82, 2.24) is 14.5 Å². The van der Waals surface area contributed by atoms with Crippen molar-refractivity contribution in [3.05, 3.63) is 36.4 Å². The van der Waals surface area contributed by atoms with E-state index in [2.05, 4.69) is 9.97 Å². The first-order valence-corrected chi connectivity index (χ1v) is 6.19. The van der Waals surface area contributed by atoms with Gasteiger partial charge < -0.3 is 5.73 Å². The fourth-order valence-electron chi connectivity index (χ4n) is 1.35. The van der Waals surface area contributed by atoms with Crippen LogP contribution in [0, 0.1) is 0 Å². The van der Waals surface area contributed by atoms with E-state index < -0.39 is 0 Å². The van der Waals surface area contributed by atoms with E-state index in [1.165, 1.54) is 6.33 Å². The van der Waals surface area contributed by atoms with Gasteiger partial charge in [0.15, 0.2) is 0 Å². The molecule has 0 bridgehead atoms. The highest BCUT2D eigenvalue weighted by Gasteiger charge is 2.07. The van der Waals surface area contributed by atoms with Crippen molar-refractivity contribution < 1.29 is 0 Å². The van der Waals surface area contributed by atoms with Crippen LogP contribution in [0.1, 0.15) is 5.69 Å². The Morgan fingerprint density at radius 1 is 1.50 bits per heavy atom. The zero-order valence-corrected chi connectivity index (χ0v) is 10.3. The maximum absolute atomic E-state index is 5.63. The van der Waals surface area contributed by atoms with Crippen LogP contribution < -0.4 is 5.73 Å². The topological polar surface area (TPSA) is 56.7 Å². The maximum Gasteiger partial charge on any atom is 0.141 e. The van der Waals surface area contributed by atoms with Crippen LogP contribution in [0.2, 0.25) is 0 Å². The Bertz CT molecular complexity index is 521. The number of thioether (sulfide) groups is 1. The van der Waals surface area contributed by atoms with E-state index in [-0.39, 0.29) is 0 Å². The molecule has 2 rings (SSSR count). The number of rotatable bonds is 3.